The topological polar surface area (TPSA) is 26.3 Å². The summed E-state index contributed by atoms with van der Waals surface area (Å²) in [6.07, 6.45) is 1.82. The van der Waals surface area contributed by atoms with Gasteiger partial charge >= 0.3 is 14.8 Å². The Bertz CT molecular complexity index is 384. The van der Waals surface area contributed by atoms with Crippen molar-refractivity contribution in [2.24, 2.45) is 0 Å². The Morgan fingerprint density at radius 3 is 2.53 bits per heavy atom. The second-order valence-electron chi connectivity index (χ2n) is 3.98. The van der Waals surface area contributed by atoms with Crippen molar-refractivity contribution in [3.8, 4) is 0 Å². The third-order valence-electron chi connectivity index (χ3n) is 2.89. The first kappa shape index (κ1) is 13.7. The van der Waals surface area contributed by atoms with Crippen molar-refractivity contribution in [3.05, 3.63) is 36.4 Å². The van der Waals surface area contributed by atoms with Crippen molar-refractivity contribution in [1.29, 1.82) is 0 Å². The molecule has 0 amide bonds. The van der Waals surface area contributed by atoms with E-state index in [2.05, 4.69) is 25.3 Å². The van der Waals surface area contributed by atoms with Crippen molar-refractivity contribution in [1.82, 2.24) is 0 Å². The van der Waals surface area contributed by atoms with Crippen LogP contribution in [0.15, 0.2) is 30.8 Å². The van der Waals surface area contributed by atoms with Gasteiger partial charge in [-0.15, -0.1) is 0 Å². The highest BCUT2D eigenvalue weighted by Crippen LogP contribution is 2.12. The SMILES string of the molecule is C=Cc1ccc([Si+](C)C(C)C(=O)OCC)cc1. The molecule has 1 unspecified atom stereocenters. The number of benzene rings is 1. The molecule has 0 saturated heterocycles. The van der Waals surface area contributed by atoms with Gasteiger partial charge in [0.15, 0.2) is 5.54 Å². The van der Waals surface area contributed by atoms with Gasteiger partial charge in [0, 0.05) is 0 Å². The lowest BCUT2D eigenvalue weighted by molar-refractivity contribution is -0.142. The molecule has 0 heterocycles. The first-order valence-corrected chi connectivity index (χ1v) is 7.90. The maximum atomic E-state index is 11.7. The van der Waals surface area contributed by atoms with E-state index in [1.54, 1.807) is 0 Å². The van der Waals surface area contributed by atoms with Crippen LogP contribution in [0.3, 0.4) is 0 Å². The molecule has 0 aliphatic carbocycles. The molecule has 0 fully saturated rings. The summed E-state index contributed by atoms with van der Waals surface area (Å²) in [6, 6.07) is 8.24. The lowest BCUT2D eigenvalue weighted by atomic mass is 10.2. The van der Waals surface area contributed by atoms with Gasteiger partial charge in [-0.25, -0.2) is 4.79 Å². The van der Waals surface area contributed by atoms with Crippen LogP contribution in [0.5, 0.6) is 0 Å². The molecule has 90 valence electrons. The lowest BCUT2D eigenvalue weighted by Crippen LogP contribution is -2.35. The lowest BCUT2D eigenvalue weighted by Gasteiger charge is -2.06. The fraction of sp³-hybridized carbons (Fsp3) is 0.357. The molecule has 3 heteroatoms. The third kappa shape index (κ3) is 3.56. The van der Waals surface area contributed by atoms with E-state index in [1.165, 1.54) is 5.19 Å². The second-order valence-corrected chi connectivity index (χ2v) is 6.79. The molecule has 0 aliphatic rings. The molecule has 0 aliphatic heterocycles. The van der Waals surface area contributed by atoms with Crippen LogP contribution < -0.4 is 5.19 Å². The molecule has 0 aromatic heterocycles. The molecule has 2 nitrogen and oxygen atoms in total. The number of rotatable bonds is 5. The van der Waals surface area contributed by atoms with Gasteiger partial charge in [0.05, 0.1) is 18.3 Å². The van der Waals surface area contributed by atoms with Gasteiger partial charge in [-0.3, -0.25) is 0 Å². The van der Waals surface area contributed by atoms with Crippen LogP contribution in [0, 0.1) is 0 Å². The average molecular weight is 247 g/mol. The van der Waals surface area contributed by atoms with Crippen LogP contribution in [-0.4, -0.2) is 21.4 Å². The fourth-order valence-electron chi connectivity index (χ4n) is 1.58. The Morgan fingerprint density at radius 1 is 1.47 bits per heavy atom. The van der Waals surface area contributed by atoms with Gasteiger partial charge < -0.3 is 4.74 Å². The van der Waals surface area contributed by atoms with Crippen molar-refractivity contribution in [2.75, 3.05) is 6.61 Å². The standard InChI is InChI=1S/C14H19O2Si/c1-5-12-7-9-13(10-8-12)17(4)11(3)14(15)16-6-2/h5,7-11H,1,6H2,2-4H3/q+1. The zero-order valence-electron chi connectivity index (χ0n) is 10.7. The molecule has 0 bridgehead atoms. The quantitative estimate of drug-likeness (QED) is 0.590. The molecule has 1 aromatic rings. The average Bonchev–Trinajstić information content (AvgIpc) is 2.37. The Hall–Kier alpha value is -1.35. The first-order chi connectivity index (χ1) is 8.10. The van der Waals surface area contributed by atoms with Gasteiger partial charge in [0.25, 0.3) is 0 Å². The van der Waals surface area contributed by atoms with Gasteiger partial charge in [-0.05, 0) is 31.5 Å². The summed E-state index contributed by atoms with van der Waals surface area (Å²) in [7, 11) is -0.899. The summed E-state index contributed by atoms with van der Waals surface area (Å²) in [5, 5.41) is 1.25. The summed E-state index contributed by atoms with van der Waals surface area (Å²) in [6.45, 7) is 10.1. The van der Waals surface area contributed by atoms with Crippen LogP contribution in [0.4, 0.5) is 0 Å². The molecule has 1 atom stereocenters. The highest BCUT2D eigenvalue weighted by atomic mass is 28.3. The number of carbonyl (C=O) groups is 1. The minimum Gasteiger partial charge on any atom is -0.464 e. The minimum atomic E-state index is -0.899. The van der Waals surface area contributed by atoms with Crippen LogP contribution in [0.25, 0.3) is 6.08 Å². The van der Waals surface area contributed by atoms with E-state index in [0.717, 1.165) is 5.56 Å². The van der Waals surface area contributed by atoms with Crippen LogP contribution >= 0.6 is 0 Å². The Kier molecular flexibility index (Phi) is 5.16. The number of esters is 1. The van der Waals surface area contributed by atoms with E-state index in [0.29, 0.717) is 6.61 Å². The maximum absolute atomic E-state index is 11.7. The van der Waals surface area contributed by atoms with E-state index < -0.39 is 8.80 Å². The van der Waals surface area contributed by atoms with Gasteiger partial charge in [-0.2, -0.15) is 0 Å². The monoisotopic (exact) mass is 247 g/mol. The highest BCUT2D eigenvalue weighted by Gasteiger charge is 2.37. The smallest absolute Gasteiger partial charge is 0.364 e. The number of hydrogen-bond acceptors (Lipinski definition) is 2. The van der Waals surface area contributed by atoms with E-state index in [-0.39, 0.29) is 11.5 Å². The highest BCUT2D eigenvalue weighted by molar-refractivity contribution is 6.76. The van der Waals surface area contributed by atoms with E-state index in [4.69, 9.17) is 4.74 Å². The maximum Gasteiger partial charge on any atom is 0.364 e. The first-order valence-electron chi connectivity index (χ1n) is 5.83. The van der Waals surface area contributed by atoms with Crippen LogP contribution in [0.2, 0.25) is 12.1 Å². The van der Waals surface area contributed by atoms with E-state index >= 15 is 0 Å². The predicted octanol–water partition coefficient (Wildman–Crippen LogP) is 2.61. The summed E-state index contributed by atoms with van der Waals surface area (Å²) in [5.74, 6) is -0.0864. The van der Waals surface area contributed by atoms with Crippen LogP contribution in [-0.2, 0) is 9.53 Å². The molecule has 0 N–H and O–H groups in total. The Balaban J connectivity index is 2.77. The summed E-state index contributed by atoms with van der Waals surface area (Å²) < 4.78 is 5.06. The minimum absolute atomic E-state index is 0.0190. The molecular weight excluding hydrogens is 228 g/mol. The van der Waals surface area contributed by atoms with Gasteiger partial charge in [-0.1, -0.05) is 24.8 Å². The molecule has 0 spiro atoms. The summed E-state index contributed by atoms with van der Waals surface area (Å²) >= 11 is 0. The zero-order chi connectivity index (χ0) is 12.8. The van der Waals surface area contributed by atoms with Crippen molar-refractivity contribution in [3.63, 3.8) is 0 Å². The third-order valence-corrected chi connectivity index (χ3v) is 5.67. The van der Waals surface area contributed by atoms with Gasteiger partial charge in [0.2, 0.25) is 0 Å². The fourth-order valence-corrected chi connectivity index (χ4v) is 3.21. The molecule has 1 aromatic carbocycles. The predicted molar refractivity (Wildman–Crippen MR) is 73.8 cm³/mol. The van der Waals surface area contributed by atoms with Crippen LogP contribution in [0.1, 0.15) is 19.4 Å². The summed E-state index contributed by atoms with van der Waals surface area (Å²) in [5.41, 5.74) is 1.09. The molecule has 0 radical (unpaired) electrons. The van der Waals surface area contributed by atoms with Crippen molar-refractivity contribution >= 4 is 26.0 Å². The number of ether oxygens (including phenoxy) is 1. The Labute approximate surface area is 105 Å². The molecule has 17 heavy (non-hydrogen) atoms. The summed E-state index contributed by atoms with van der Waals surface area (Å²) in [4.78, 5) is 11.7. The largest absolute Gasteiger partial charge is 0.464 e. The second kappa shape index (κ2) is 6.40. The van der Waals surface area contributed by atoms with E-state index in [1.807, 2.05) is 32.1 Å². The van der Waals surface area contributed by atoms with Crippen molar-refractivity contribution in [2.45, 2.75) is 25.9 Å². The molecule has 0 saturated carbocycles. The zero-order valence-corrected chi connectivity index (χ0v) is 11.7. The number of carbonyl (C=O) groups excluding carboxylic acids is 1. The normalized spacial score (nSPS) is 11.7. The molecular formula is C14H19O2Si+. The number of hydrogen-bond donors (Lipinski definition) is 0. The van der Waals surface area contributed by atoms with E-state index in [9.17, 15) is 4.79 Å². The van der Waals surface area contributed by atoms with Crippen molar-refractivity contribution < 1.29 is 9.53 Å². The van der Waals surface area contributed by atoms with Gasteiger partial charge in [0.1, 0.15) is 0 Å². The molecule has 1 rings (SSSR count). The Morgan fingerprint density at radius 2 is 2.06 bits per heavy atom.